The minimum Gasteiger partial charge on any atom is -0.507 e. The Balaban J connectivity index is 1.56. The monoisotopic (exact) mass is 1700 g/mol. The highest BCUT2D eigenvalue weighted by molar-refractivity contribution is 7.80. The summed E-state index contributed by atoms with van der Waals surface area (Å²) in [5.41, 5.74) is 7.61. The first-order chi connectivity index (χ1) is 53.7. The van der Waals surface area contributed by atoms with Crippen LogP contribution in [0.1, 0.15) is 338 Å². The largest absolute Gasteiger partial charge is 0.507 e. The number of benzene rings is 4. The van der Waals surface area contributed by atoms with E-state index < -0.39 is 55.7 Å². The van der Waals surface area contributed by atoms with Gasteiger partial charge in [0.1, 0.15) is 54.8 Å². The minimum atomic E-state index is -1.62. The number of aryl methyl sites for hydroxylation is 4. The van der Waals surface area contributed by atoms with E-state index in [0.29, 0.717) is 121 Å². The van der Waals surface area contributed by atoms with Crippen LogP contribution in [0.5, 0.6) is 23.0 Å². The van der Waals surface area contributed by atoms with Crippen molar-refractivity contribution >= 4 is 93.0 Å². The SMILES string of the molecule is CC(CCC(=O)OCC(COC(=O)CCC(C)C(=S)OCCCc1cc(C(C)(C)C)c(O)c(C(C)(C)C)c1)(COC(=O)CCC(C)C(=S)OCCCc1cc(C(C)(C)C)c(O)c(C(C)(C)C)c1)COC(=O)CCC(C)C(=S)OCCCc1cc(C(C)(C)C)c(O)c(C(C)(C)C)c1)C(=S)OCCCc1cc(C(C)(C)C)c(O)c(C(C)(C)C)c1. The molecule has 0 radical (unpaired) electrons. The van der Waals surface area contributed by atoms with E-state index in [-0.39, 0.29) is 118 Å². The number of hydrogen-bond acceptors (Lipinski definition) is 20. The summed E-state index contributed by atoms with van der Waals surface area (Å²) in [4.78, 5) is 56.3. The highest BCUT2D eigenvalue weighted by Gasteiger charge is 2.39. The highest BCUT2D eigenvalue weighted by Crippen LogP contribution is 2.45. The summed E-state index contributed by atoms with van der Waals surface area (Å²) in [5, 5.41) is 46.6. The van der Waals surface area contributed by atoms with Gasteiger partial charge in [-0.05, 0) is 236 Å². The number of ether oxygens (including phenoxy) is 8. The molecule has 0 saturated carbocycles. The number of hydrogen-bond donors (Lipinski definition) is 4. The first-order valence-electron chi connectivity index (χ1n) is 42.4. The molecule has 0 spiro atoms. The van der Waals surface area contributed by atoms with Gasteiger partial charge in [0.25, 0.3) is 0 Å². The predicted molar refractivity (Wildman–Crippen MR) is 489 cm³/mol. The molecule has 4 N–H and O–H groups in total. The van der Waals surface area contributed by atoms with E-state index in [2.05, 4.69) is 215 Å². The fraction of sp³-hybridized carbons (Fsp3) is 0.670. The number of esters is 4. The maximum absolute atomic E-state index is 14.1. The van der Waals surface area contributed by atoms with Crippen LogP contribution in [0.15, 0.2) is 48.5 Å². The Labute approximate surface area is 725 Å². The molecule has 4 aromatic carbocycles. The van der Waals surface area contributed by atoms with Crippen LogP contribution in [-0.2, 0) is 126 Å². The van der Waals surface area contributed by atoms with Crippen molar-refractivity contribution in [3.63, 3.8) is 0 Å². The zero-order chi connectivity index (χ0) is 89.0. The maximum atomic E-state index is 14.1. The number of phenolic OH excluding ortho intramolecular Hbond substituents is 4. The van der Waals surface area contributed by atoms with Crippen molar-refractivity contribution in [2.24, 2.45) is 29.1 Å². The van der Waals surface area contributed by atoms with Crippen molar-refractivity contribution in [3.05, 3.63) is 115 Å². The Morgan fingerprint density at radius 1 is 0.274 bits per heavy atom. The van der Waals surface area contributed by atoms with Crippen molar-refractivity contribution in [2.75, 3.05) is 52.9 Å². The summed E-state index contributed by atoms with van der Waals surface area (Å²) in [5.74, 6) is -2.59. The highest BCUT2D eigenvalue weighted by atomic mass is 32.1. The molecule has 4 rings (SSSR count). The molecule has 16 nitrogen and oxygen atoms in total. The molecule has 0 aliphatic carbocycles. The average Bonchev–Trinajstić information content (AvgIpc) is 0.799. The molecule has 0 aromatic heterocycles. The van der Waals surface area contributed by atoms with Crippen molar-refractivity contribution in [3.8, 4) is 23.0 Å². The van der Waals surface area contributed by atoms with Crippen molar-refractivity contribution in [1.82, 2.24) is 0 Å². The average molecular weight is 1700 g/mol. The lowest BCUT2D eigenvalue weighted by Crippen LogP contribution is -2.44. The van der Waals surface area contributed by atoms with Gasteiger partial charge in [-0.15, -0.1) is 0 Å². The molecular weight excluding hydrogens is 1550 g/mol. The second kappa shape index (κ2) is 43.8. The molecule has 0 amide bonds. The molecule has 0 saturated heterocycles. The van der Waals surface area contributed by atoms with Crippen molar-refractivity contribution in [1.29, 1.82) is 0 Å². The molecule has 4 atom stereocenters. The number of thiocarbonyl (C=S) groups is 4. The van der Waals surface area contributed by atoms with Gasteiger partial charge in [0.05, 0.1) is 26.4 Å². The fourth-order valence-corrected chi connectivity index (χ4v) is 14.4. The van der Waals surface area contributed by atoms with Gasteiger partial charge in [0, 0.05) is 49.4 Å². The molecular formula is C97H148O16S4. The lowest BCUT2D eigenvalue weighted by Gasteiger charge is -2.32. The molecule has 4 aromatic rings. The molecule has 4 unspecified atom stereocenters. The molecule has 0 aliphatic rings. The molecule has 0 bridgehead atoms. The Morgan fingerprint density at radius 2 is 0.419 bits per heavy atom. The van der Waals surface area contributed by atoms with Crippen LogP contribution >= 0.6 is 48.9 Å². The predicted octanol–water partition coefficient (Wildman–Crippen LogP) is 22.9. The molecule has 0 heterocycles. The summed E-state index contributed by atoms with van der Waals surface area (Å²) in [7, 11) is 0. The Hall–Kier alpha value is -6.48. The Kier molecular flexibility index (Phi) is 38.5. The molecule has 20 heteroatoms. The number of carbonyl (C=O) groups excluding carboxylic acids is 4. The fourth-order valence-electron chi connectivity index (χ4n) is 13.6. The third-order valence-corrected chi connectivity index (χ3v) is 23.5. The van der Waals surface area contributed by atoms with Gasteiger partial charge >= 0.3 is 23.9 Å². The van der Waals surface area contributed by atoms with Crippen molar-refractivity contribution in [2.45, 2.75) is 340 Å². The van der Waals surface area contributed by atoms with Crippen LogP contribution in [0.2, 0.25) is 0 Å². The summed E-state index contributed by atoms with van der Waals surface area (Å²) >= 11 is 23.1. The third-order valence-electron chi connectivity index (χ3n) is 21.5. The molecule has 656 valence electrons. The number of phenols is 4. The second-order valence-electron chi connectivity index (χ2n) is 41.1. The van der Waals surface area contributed by atoms with E-state index in [0.717, 1.165) is 66.8 Å². The Morgan fingerprint density at radius 3 is 0.556 bits per heavy atom. The Bertz CT molecular complexity index is 3360. The lowest BCUT2D eigenvalue weighted by molar-refractivity contribution is -0.171. The van der Waals surface area contributed by atoms with Crippen molar-refractivity contribution < 1.29 is 77.5 Å². The summed E-state index contributed by atoms with van der Waals surface area (Å²) in [6.45, 7) is 57.0. The zero-order valence-corrected chi connectivity index (χ0v) is 80.0. The van der Waals surface area contributed by atoms with Gasteiger partial charge < -0.3 is 58.3 Å². The van der Waals surface area contributed by atoms with E-state index in [1.165, 1.54) is 0 Å². The molecule has 117 heavy (non-hydrogen) atoms. The standard InChI is InChI=1S/C97H148O16S4/c1-61(85(114)106-45-29-33-65-49-69(89(5,6)7)81(102)70(50-65)90(8,9)10)37-41-77(98)110-57-97(58-111-78(99)42-38-62(2)86(115)107-46-30-34-66-51-71(91(11,12)13)82(103)72(52-66)92(14,15)16,59-112-79(100)43-39-63(3)87(116)108-47-31-35-67-53-73(93(17,18)19)83(104)74(54-67)94(20,21)22)60-113-80(101)44-40-64(4)88(117)109-48-32-36-68-55-75(95(23,24)25)84(105)76(56-68)96(26,27)28/h49-56,61-64,102-105H,29-48,57-60H2,1-28H3. The summed E-state index contributed by atoms with van der Waals surface area (Å²) < 4.78 is 48.7. The van der Waals surface area contributed by atoms with Crippen LogP contribution in [0.25, 0.3) is 0 Å². The summed E-state index contributed by atoms with van der Waals surface area (Å²) in [6.07, 6.45) is 6.08. The number of rotatable bonds is 40. The zero-order valence-electron chi connectivity index (χ0n) is 76.7. The van der Waals surface area contributed by atoms with Gasteiger partial charge in [-0.3, -0.25) is 19.2 Å². The van der Waals surface area contributed by atoms with Gasteiger partial charge in [0.2, 0.25) is 0 Å². The van der Waals surface area contributed by atoms with Gasteiger partial charge in [-0.2, -0.15) is 0 Å². The van der Waals surface area contributed by atoms with E-state index in [1.807, 2.05) is 27.7 Å². The quantitative estimate of drug-likeness (QED) is 0.0141. The third kappa shape index (κ3) is 33.8. The van der Waals surface area contributed by atoms with Gasteiger partial charge in [-0.1, -0.05) is 242 Å². The number of aromatic hydroxyl groups is 4. The van der Waals surface area contributed by atoms with Crippen LogP contribution in [0.3, 0.4) is 0 Å². The first-order valence-corrected chi connectivity index (χ1v) is 44.1. The lowest BCUT2D eigenvalue weighted by atomic mass is 9.78. The van der Waals surface area contributed by atoms with Gasteiger partial charge in [0.15, 0.2) is 20.2 Å². The maximum Gasteiger partial charge on any atom is 0.305 e. The first kappa shape index (κ1) is 103. The van der Waals surface area contributed by atoms with Crippen LogP contribution in [0.4, 0.5) is 0 Å². The van der Waals surface area contributed by atoms with Crippen LogP contribution in [-0.4, -0.2) is 117 Å². The minimum absolute atomic E-state index is 0.0917. The van der Waals surface area contributed by atoms with Crippen LogP contribution in [0, 0.1) is 29.1 Å². The topological polar surface area (TPSA) is 223 Å². The second-order valence-corrected chi connectivity index (χ2v) is 42.8. The van der Waals surface area contributed by atoms with E-state index in [1.54, 1.807) is 0 Å². The summed E-state index contributed by atoms with van der Waals surface area (Å²) in [6, 6.07) is 16.5. The normalized spacial score (nSPS) is 14.1. The van der Waals surface area contributed by atoms with Crippen LogP contribution < -0.4 is 0 Å². The number of carbonyl (C=O) groups is 4. The molecule has 0 aliphatic heterocycles. The molecule has 0 fully saturated rings. The smallest absolute Gasteiger partial charge is 0.305 e. The van der Waals surface area contributed by atoms with E-state index >= 15 is 0 Å². The van der Waals surface area contributed by atoms with E-state index in [4.69, 9.17) is 86.8 Å². The van der Waals surface area contributed by atoms with Gasteiger partial charge in [-0.25, -0.2) is 0 Å². The van der Waals surface area contributed by atoms with E-state index in [9.17, 15) is 39.6 Å².